The van der Waals surface area contributed by atoms with Gasteiger partial charge in [0.05, 0.1) is 12.0 Å². The molecule has 2 aliphatic rings. The zero-order valence-corrected chi connectivity index (χ0v) is 18.1. The normalized spacial score (nSPS) is 17.6. The van der Waals surface area contributed by atoms with Gasteiger partial charge in [0.15, 0.2) is 11.2 Å². The molecule has 6 nitrogen and oxygen atoms in total. The molecule has 0 N–H and O–H groups in total. The molecule has 1 fully saturated rings. The van der Waals surface area contributed by atoms with E-state index in [4.69, 9.17) is 4.74 Å². The Labute approximate surface area is 176 Å². The van der Waals surface area contributed by atoms with E-state index in [1.165, 1.54) is 0 Å². The number of pyridine rings is 1. The molecule has 0 unspecified atom stereocenters. The second kappa shape index (κ2) is 7.42. The fourth-order valence-electron chi connectivity index (χ4n) is 4.60. The highest BCUT2D eigenvalue weighted by atomic mass is 16.5. The van der Waals surface area contributed by atoms with E-state index in [9.17, 15) is 14.4 Å². The number of rotatable bonds is 2. The number of Topliss-reactive ketones (excluding diaryl/α,β-unsaturated/α-hetero) is 1. The minimum Gasteiger partial charge on any atom is -0.486 e. The molecule has 3 heterocycles. The number of aryl methyl sites for hydroxylation is 3. The summed E-state index contributed by atoms with van der Waals surface area (Å²) in [7, 11) is 0. The van der Waals surface area contributed by atoms with E-state index in [2.05, 4.69) is 0 Å². The largest absolute Gasteiger partial charge is 0.486 e. The fourth-order valence-corrected chi connectivity index (χ4v) is 4.60. The standard InChI is InChI=1S/C24H28N2O4/c1-15-5-6-20-21(28)13-24(30-23(20)18(15)4)7-9-25(10-8-24)22(29)14-26-16(2)11-19(27)12-17(26)3/h5-6,11-12H,7-10,13-14H2,1-4H3. The Morgan fingerprint density at radius 3 is 2.30 bits per heavy atom. The molecule has 0 bridgehead atoms. The highest BCUT2D eigenvalue weighted by molar-refractivity contribution is 6.01. The van der Waals surface area contributed by atoms with E-state index >= 15 is 0 Å². The molecule has 0 aliphatic carbocycles. The monoisotopic (exact) mass is 408 g/mol. The lowest BCUT2D eigenvalue weighted by Crippen LogP contribution is -2.53. The van der Waals surface area contributed by atoms with Gasteiger partial charge in [0.2, 0.25) is 5.91 Å². The highest BCUT2D eigenvalue weighted by Crippen LogP contribution is 2.41. The Morgan fingerprint density at radius 2 is 1.67 bits per heavy atom. The van der Waals surface area contributed by atoms with Gasteiger partial charge in [0.25, 0.3) is 0 Å². The number of ketones is 1. The van der Waals surface area contributed by atoms with Crippen LogP contribution in [0.4, 0.5) is 0 Å². The number of amides is 1. The molecule has 158 valence electrons. The first kappa shape index (κ1) is 20.4. The van der Waals surface area contributed by atoms with Crippen LogP contribution < -0.4 is 10.2 Å². The summed E-state index contributed by atoms with van der Waals surface area (Å²) < 4.78 is 8.31. The smallest absolute Gasteiger partial charge is 0.242 e. The van der Waals surface area contributed by atoms with Crippen LogP contribution in [0, 0.1) is 27.7 Å². The van der Waals surface area contributed by atoms with Crippen molar-refractivity contribution in [1.29, 1.82) is 0 Å². The first-order valence-corrected chi connectivity index (χ1v) is 10.5. The third-order valence-electron chi connectivity index (χ3n) is 6.65. The first-order valence-electron chi connectivity index (χ1n) is 10.5. The maximum Gasteiger partial charge on any atom is 0.242 e. The van der Waals surface area contributed by atoms with Crippen molar-refractivity contribution >= 4 is 11.7 Å². The van der Waals surface area contributed by atoms with Crippen LogP contribution >= 0.6 is 0 Å². The number of nitrogens with zero attached hydrogens (tertiary/aromatic N) is 2. The Balaban J connectivity index is 1.48. The van der Waals surface area contributed by atoms with Crippen molar-refractivity contribution in [1.82, 2.24) is 9.47 Å². The summed E-state index contributed by atoms with van der Waals surface area (Å²) >= 11 is 0. The fraction of sp³-hybridized carbons (Fsp3) is 0.458. The molecular formula is C24H28N2O4. The molecule has 0 radical (unpaired) electrons. The van der Waals surface area contributed by atoms with E-state index in [0.29, 0.717) is 43.7 Å². The van der Waals surface area contributed by atoms with E-state index in [1.54, 1.807) is 12.1 Å². The number of ether oxygens (including phenoxy) is 1. The molecular weight excluding hydrogens is 380 g/mol. The van der Waals surface area contributed by atoms with Gasteiger partial charge in [-0.3, -0.25) is 14.4 Å². The van der Waals surface area contributed by atoms with Crippen LogP contribution in [0.15, 0.2) is 29.1 Å². The van der Waals surface area contributed by atoms with Gasteiger partial charge in [-0.15, -0.1) is 0 Å². The molecule has 0 saturated carbocycles. The number of hydrogen-bond donors (Lipinski definition) is 0. The van der Waals surface area contributed by atoms with Crippen LogP contribution in [0.5, 0.6) is 5.75 Å². The molecule has 4 rings (SSSR count). The number of aromatic nitrogens is 1. The number of carbonyl (C=O) groups is 2. The van der Waals surface area contributed by atoms with Crippen LogP contribution in [0.25, 0.3) is 0 Å². The summed E-state index contributed by atoms with van der Waals surface area (Å²) in [4.78, 5) is 39.2. The van der Waals surface area contributed by atoms with Crippen molar-refractivity contribution in [2.24, 2.45) is 0 Å². The van der Waals surface area contributed by atoms with Crippen LogP contribution in [0.2, 0.25) is 0 Å². The van der Waals surface area contributed by atoms with Gasteiger partial charge in [-0.2, -0.15) is 0 Å². The molecule has 0 atom stereocenters. The van der Waals surface area contributed by atoms with Gasteiger partial charge in [0, 0.05) is 49.5 Å². The maximum absolute atomic E-state index is 12.9. The maximum atomic E-state index is 12.9. The van der Waals surface area contributed by atoms with Crippen LogP contribution in [0.1, 0.15) is 52.1 Å². The quantitative estimate of drug-likeness (QED) is 0.766. The molecule has 2 aliphatic heterocycles. The van der Waals surface area contributed by atoms with Crippen LogP contribution in [-0.2, 0) is 11.3 Å². The van der Waals surface area contributed by atoms with Gasteiger partial charge in [-0.25, -0.2) is 0 Å². The highest BCUT2D eigenvalue weighted by Gasteiger charge is 2.44. The molecule has 1 amide bonds. The molecule has 1 spiro atoms. The number of likely N-dealkylation sites (tertiary alicyclic amines) is 1. The van der Waals surface area contributed by atoms with Gasteiger partial charge in [0.1, 0.15) is 17.9 Å². The topological polar surface area (TPSA) is 68.6 Å². The Hall–Kier alpha value is -2.89. The number of benzene rings is 1. The molecule has 30 heavy (non-hydrogen) atoms. The van der Waals surface area contributed by atoms with Crippen molar-refractivity contribution in [3.63, 3.8) is 0 Å². The van der Waals surface area contributed by atoms with Crippen molar-refractivity contribution in [2.45, 2.75) is 59.1 Å². The molecule has 6 heteroatoms. The lowest BCUT2D eigenvalue weighted by atomic mass is 9.81. The van der Waals surface area contributed by atoms with Crippen molar-refractivity contribution < 1.29 is 14.3 Å². The molecule has 1 saturated heterocycles. The Bertz CT molecular complexity index is 1060. The number of piperidine rings is 1. The third kappa shape index (κ3) is 3.55. The van der Waals surface area contributed by atoms with E-state index in [-0.39, 0.29) is 23.7 Å². The second-order valence-corrected chi connectivity index (χ2v) is 8.71. The number of carbonyl (C=O) groups excluding carboxylic acids is 2. The van der Waals surface area contributed by atoms with Gasteiger partial charge in [-0.05, 0) is 44.9 Å². The Morgan fingerprint density at radius 1 is 1.03 bits per heavy atom. The summed E-state index contributed by atoms with van der Waals surface area (Å²) in [6, 6.07) is 6.93. The lowest BCUT2D eigenvalue weighted by Gasteiger charge is -2.44. The predicted molar refractivity (Wildman–Crippen MR) is 114 cm³/mol. The van der Waals surface area contributed by atoms with Crippen molar-refractivity contribution in [2.75, 3.05) is 13.1 Å². The Kier molecular flexibility index (Phi) is 5.04. The summed E-state index contributed by atoms with van der Waals surface area (Å²) in [5.41, 5.74) is 3.80. The molecule has 2 aromatic rings. The van der Waals surface area contributed by atoms with Crippen LogP contribution in [0.3, 0.4) is 0 Å². The predicted octanol–water partition coefficient (Wildman–Crippen LogP) is 3.11. The van der Waals surface area contributed by atoms with Crippen molar-refractivity contribution in [3.05, 3.63) is 62.6 Å². The average Bonchev–Trinajstić information content (AvgIpc) is 2.68. The number of hydrogen-bond acceptors (Lipinski definition) is 4. The summed E-state index contributed by atoms with van der Waals surface area (Å²) in [6.07, 6.45) is 1.64. The average molecular weight is 408 g/mol. The summed E-state index contributed by atoms with van der Waals surface area (Å²) in [5, 5.41) is 0. The van der Waals surface area contributed by atoms with E-state index in [1.807, 2.05) is 49.3 Å². The number of fused-ring (bicyclic) bond motifs is 1. The zero-order valence-electron chi connectivity index (χ0n) is 18.1. The van der Waals surface area contributed by atoms with Gasteiger partial charge in [-0.1, -0.05) is 6.07 Å². The minimum absolute atomic E-state index is 0.0225. The van der Waals surface area contributed by atoms with E-state index in [0.717, 1.165) is 22.5 Å². The van der Waals surface area contributed by atoms with Gasteiger partial charge < -0.3 is 14.2 Å². The van der Waals surface area contributed by atoms with Crippen LogP contribution in [-0.4, -0.2) is 39.8 Å². The van der Waals surface area contributed by atoms with Crippen molar-refractivity contribution in [3.8, 4) is 5.75 Å². The van der Waals surface area contributed by atoms with E-state index < -0.39 is 5.60 Å². The first-order chi connectivity index (χ1) is 14.2. The second-order valence-electron chi connectivity index (χ2n) is 8.71. The molecule has 1 aromatic heterocycles. The lowest BCUT2D eigenvalue weighted by molar-refractivity contribution is -0.135. The zero-order chi connectivity index (χ0) is 21.6. The SMILES string of the molecule is Cc1ccc2c(c1C)OC1(CCN(C(=O)Cn3c(C)cc(=O)cc3C)CC1)CC2=O. The minimum atomic E-state index is -0.525. The summed E-state index contributed by atoms with van der Waals surface area (Å²) in [6.45, 7) is 9.04. The summed E-state index contributed by atoms with van der Waals surface area (Å²) in [5.74, 6) is 0.860. The van der Waals surface area contributed by atoms with Gasteiger partial charge >= 0.3 is 0 Å². The molecule has 1 aromatic carbocycles. The third-order valence-corrected chi connectivity index (χ3v) is 6.65.